The second kappa shape index (κ2) is 4.75. The normalized spacial score (nSPS) is 15.3. The van der Waals surface area contributed by atoms with E-state index in [1.165, 1.54) is 18.5 Å². The summed E-state index contributed by atoms with van der Waals surface area (Å²) in [4.78, 5) is 4.22. The molecule has 1 saturated carbocycles. The molecule has 0 aliphatic heterocycles. The van der Waals surface area contributed by atoms with Gasteiger partial charge in [0, 0.05) is 31.7 Å². The lowest BCUT2D eigenvalue weighted by Gasteiger charge is -2.07. The summed E-state index contributed by atoms with van der Waals surface area (Å²) in [7, 11) is 0. The minimum absolute atomic E-state index is 0.708. The van der Waals surface area contributed by atoms with E-state index in [2.05, 4.69) is 14.9 Å². The van der Waals surface area contributed by atoms with Gasteiger partial charge in [0.2, 0.25) is 0 Å². The third-order valence-electron chi connectivity index (χ3n) is 3.12. The van der Waals surface area contributed by atoms with Crippen LogP contribution in [-0.4, -0.2) is 16.1 Å². The van der Waals surface area contributed by atoms with Crippen molar-refractivity contribution in [3.05, 3.63) is 42.4 Å². The van der Waals surface area contributed by atoms with Crippen LogP contribution in [0.25, 0.3) is 0 Å². The minimum atomic E-state index is 0.708. The van der Waals surface area contributed by atoms with E-state index in [0.717, 1.165) is 25.3 Å². The summed E-state index contributed by atoms with van der Waals surface area (Å²) in [5.41, 5.74) is 1.28. The van der Waals surface area contributed by atoms with Crippen molar-refractivity contribution in [2.75, 3.05) is 6.54 Å². The number of rotatable bonds is 6. The van der Waals surface area contributed by atoms with Crippen LogP contribution in [0.3, 0.4) is 0 Å². The average molecular weight is 231 g/mol. The van der Waals surface area contributed by atoms with Crippen LogP contribution < -0.4 is 5.32 Å². The van der Waals surface area contributed by atoms with Crippen LogP contribution in [0.4, 0.5) is 0 Å². The van der Waals surface area contributed by atoms with E-state index in [0.29, 0.717) is 6.04 Å². The third kappa shape index (κ3) is 2.58. The second-order valence-electron chi connectivity index (χ2n) is 4.53. The van der Waals surface area contributed by atoms with Gasteiger partial charge in [-0.2, -0.15) is 0 Å². The molecule has 0 saturated heterocycles. The Morgan fingerprint density at radius 1 is 1.47 bits per heavy atom. The van der Waals surface area contributed by atoms with Gasteiger partial charge in [0.1, 0.15) is 5.76 Å². The van der Waals surface area contributed by atoms with Gasteiger partial charge in [-0.3, -0.25) is 0 Å². The molecule has 90 valence electrons. The molecule has 4 nitrogen and oxygen atoms in total. The first-order valence-electron chi connectivity index (χ1n) is 6.17. The monoisotopic (exact) mass is 231 g/mol. The lowest BCUT2D eigenvalue weighted by molar-refractivity contribution is 0.496. The van der Waals surface area contributed by atoms with Crippen molar-refractivity contribution in [1.29, 1.82) is 0 Å². The third-order valence-corrected chi connectivity index (χ3v) is 3.12. The van der Waals surface area contributed by atoms with Crippen LogP contribution in [0.1, 0.15) is 30.3 Å². The van der Waals surface area contributed by atoms with Crippen molar-refractivity contribution in [1.82, 2.24) is 14.9 Å². The number of aromatic nitrogens is 2. The minimum Gasteiger partial charge on any atom is -0.469 e. The topological polar surface area (TPSA) is 43.0 Å². The number of imidazole rings is 1. The molecule has 0 atom stereocenters. The summed E-state index contributed by atoms with van der Waals surface area (Å²) >= 11 is 0. The Balaban J connectivity index is 1.46. The van der Waals surface area contributed by atoms with Gasteiger partial charge in [0.15, 0.2) is 0 Å². The molecular formula is C13H17N3O. The molecule has 0 radical (unpaired) electrons. The number of hydrogen-bond donors (Lipinski definition) is 1. The van der Waals surface area contributed by atoms with Gasteiger partial charge in [-0.05, 0) is 25.0 Å². The van der Waals surface area contributed by atoms with Crippen molar-refractivity contribution < 1.29 is 4.42 Å². The summed E-state index contributed by atoms with van der Waals surface area (Å²) in [6, 6.07) is 4.65. The quantitative estimate of drug-likeness (QED) is 0.775. The first-order chi connectivity index (χ1) is 8.43. The molecule has 0 bridgehead atoms. The summed E-state index contributed by atoms with van der Waals surface area (Å²) in [6.45, 7) is 1.82. The van der Waals surface area contributed by atoms with E-state index in [1.54, 1.807) is 6.26 Å². The maximum absolute atomic E-state index is 5.29. The van der Waals surface area contributed by atoms with Crippen LogP contribution in [0, 0.1) is 0 Å². The lowest BCUT2D eigenvalue weighted by atomic mass is 10.3. The highest BCUT2D eigenvalue weighted by Crippen LogP contribution is 2.35. The highest BCUT2D eigenvalue weighted by molar-refractivity contribution is 5.03. The maximum Gasteiger partial charge on any atom is 0.105 e. The molecule has 1 aliphatic carbocycles. The van der Waals surface area contributed by atoms with E-state index in [-0.39, 0.29) is 0 Å². The maximum atomic E-state index is 5.29. The van der Waals surface area contributed by atoms with Gasteiger partial charge in [-0.25, -0.2) is 4.98 Å². The molecule has 1 fully saturated rings. The molecule has 0 spiro atoms. The summed E-state index contributed by atoms with van der Waals surface area (Å²) in [5.74, 6) is 1.04. The Kier molecular flexibility index (Phi) is 2.96. The predicted octanol–water partition coefficient (Wildman–Crippen LogP) is 2.14. The van der Waals surface area contributed by atoms with Gasteiger partial charge in [-0.15, -0.1) is 0 Å². The Morgan fingerprint density at radius 2 is 2.41 bits per heavy atom. The molecule has 1 N–H and O–H groups in total. The van der Waals surface area contributed by atoms with Crippen LogP contribution in [0.15, 0.2) is 35.3 Å². The standard InChI is InChI=1S/C13H17N3O/c1-2-13(17-7-1)5-6-14-8-12-9-15-10-16(12)11-3-4-11/h1-2,7,9-11,14H,3-6,8H2. The summed E-state index contributed by atoms with van der Waals surface area (Å²) in [6.07, 6.45) is 9.16. The molecule has 2 aromatic heterocycles. The van der Waals surface area contributed by atoms with Gasteiger partial charge in [0.05, 0.1) is 18.3 Å². The molecule has 0 unspecified atom stereocenters. The van der Waals surface area contributed by atoms with Crippen LogP contribution in [0.2, 0.25) is 0 Å². The van der Waals surface area contributed by atoms with Crippen molar-refractivity contribution in [3.63, 3.8) is 0 Å². The summed E-state index contributed by atoms with van der Waals surface area (Å²) < 4.78 is 7.58. The Bertz CT molecular complexity index is 457. The van der Waals surface area contributed by atoms with Crippen molar-refractivity contribution in [2.24, 2.45) is 0 Å². The van der Waals surface area contributed by atoms with E-state index >= 15 is 0 Å². The largest absolute Gasteiger partial charge is 0.469 e. The number of furan rings is 1. The predicted molar refractivity (Wildman–Crippen MR) is 64.6 cm³/mol. The Hall–Kier alpha value is -1.55. The van der Waals surface area contributed by atoms with Crippen molar-refractivity contribution in [2.45, 2.75) is 31.8 Å². The van der Waals surface area contributed by atoms with E-state index < -0.39 is 0 Å². The van der Waals surface area contributed by atoms with Crippen LogP contribution >= 0.6 is 0 Å². The van der Waals surface area contributed by atoms with E-state index in [4.69, 9.17) is 4.42 Å². The number of hydrogen-bond acceptors (Lipinski definition) is 3. The van der Waals surface area contributed by atoms with Crippen molar-refractivity contribution >= 4 is 0 Å². The molecule has 17 heavy (non-hydrogen) atoms. The van der Waals surface area contributed by atoms with Gasteiger partial charge in [-0.1, -0.05) is 0 Å². The van der Waals surface area contributed by atoms with Gasteiger partial charge < -0.3 is 14.3 Å². The molecule has 2 aromatic rings. The Morgan fingerprint density at radius 3 is 3.18 bits per heavy atom. The smallest absolute Gasteiger partial charge is 0.105 e. The number of nitrogens with one attached hydrogen (secondary N) is 1. The highest BCUT2D eigenvalue weighted by atomic mass is 16.3. The first kappa shape index (κ1) is 10.6. The molecule has 3 rings (SSSR count). The first-order valence-corrected chi connectivity index (χ1v) is 6.17. The Labute approximate surface area is 101 Å². The van der Waals surface area contributed by atoms with E-state index in [1.807, 2.05) is 24.7 Å². The molecule has 2 heterocycles. The van der Waals surface area contributed by atoms with Crippen molar-refractivity contribution in [3.8, 4) is 0 Å². The fraction of sp³-hybridized carbons (Fsp3) is 0.462. The zero-order chi connectivity index (χ0) is 11.5. The summed E-state index contributed by atoms with van der Waals surface area (Å²) in [5, 5.41) is 3.43. The second-order valence-corrected chi connectivity index (χ2v) is 4.53. The average Bonchev–Trinajstić information content (AvgIpc) is 2.89. The fourth-order valence-electron chi connectivity index (χ4n) is 2.03. The van der Waals surface area contributed by atoms with E-state index in [9.17, 15) is 0 Å². The fourth-order valence-corrected chi connectivity index (χ4v) is 2.03. The SMILES string of the molecule is c1coc(CCNCc2cncn2C2CC2)c1. The highest BCUT2D eigenvalue weighted by Gasteiger charge is 2.24. The molecule has 0 amide bonds. The van der Waals surface area contributed by atoms with Gasteiger partial charge in [0.25, 0.3) is 0 Å². The molecule has 1 aliphatic rings. The zero-order valence-electron chi connectivity index (χ0n) is 9.80. The zero-order valence-corrected chi connectivity index (χ0v) is 9.80. The molecule has 0 aromatic carbocycles. The molecule has 4 heteroatoms. The van der Waals surface area contributed by atoms with Gasteiger partial charge >= 0.3 is 0 Å². The number of nitrogens with zero attached hydrogens (tertiary/aromatic N) is 2. The molecular weight excluding hydrogens is 214 g/mol. The van der Waals surface area contributed by atoms with Crippen LogP contribution in [-0.2, 0) is 13.0 Å². The van der Waals surface area contributed by atoms with Crippen LogP contribution in [0.5, 0.6) is 0 Å². The lowest BCUT2D eigenvalue weighted by Crippen LogP contribution is -2.18.